The van der Waals surface area contributed by atoms with Crippen LogP contribution in [-0.4, -0.2) is 66.5 Å². The zero-order chi connectivity index (χ0) is 49.9. The number of unbranched alkanes of at least 4 members (excludes halogenated alkanes) is 17. The Balaban J connectivity index is 4.80. The smallest absolute Gasteiger partial charge is 0.462 e. The number of carbonyl (C=O) groups is 3. The van der Waals surface area contributed by atoms with Gasteiger partial charge in [0.2, 0.25) is 0 Å². The molecule has 0 heterocycles. The highest BCUT2D eigenvalue weighted by Crippen LogP contribution is 2.43. The second-order valence-electron chi connectivity index (χ2n) is 17.3. The van der Waals surface area contributed by atoms with E-state index in [1.54, 1.807) is 0 Å². The Kier molecular flexibility index (Phi) is 47.6. The van der Waals surface area contributed by atoms with Gasteiger partial charge in [0.25, 0.3) is 0 Å². The molecule has 0 aromatic heterocycles. The number of aliphatic hydroxyl groups is 1. The van der Waals surface area contributed by atoms with Crippen molar-refractivity contribution in [2.75, 3.05) is 26.4 Å². The van der Waals surface area contributed by atoms with Crippen LogP contribution in [0.1, 0.15) is 213 Å². The van der Waals surface area contributed by atoms with E-state index in [1.807, 2.05) is 0 Å². The summed E-state index contributed by atoms with van der Waals surface area (Å²) in [6.45, 7) is 4.30. The van der Waals surface area contributed by atoms with Crippen LogP contribution < -0.4 is 0 Å². The SMILES string of the molecule is CC/C=C\C/C=C\C/C=C\CCCCCCCCCC(=O)OC(COC(=O)CCCCC/C=C\C/C=C\C/C=C\CC)COP(=O)(O)OCC(CO)OC(=O)CCCCCCC/C=C\CCCC. The molecule has 0 aliphatic heterocycles. The third-order valence-electron chi connectivity index (χ3n) is 10.8. The van der Waals surface area contributed by atoms with Crippen LogP contribution in [0.25, 0.3) is 0 Å². The first-order valence-electron chi connectivity index (χ1n) is 26.5. The zero-order valence-corrected chi connectivity index (χ0v) is 43.7. The first kappa shape index (κ1) is 64.7. The molecule has 3 atom stereocenters. The van der Waals surface area contributed by atoms with E-state index in [0.29, 0.717) is 19.3 Å². The number of esters is 3. The highest BCUT2D eigenvalue weighted by Gasteiger charge is 2.28. The van der Waals surface area contributed by atoms with Gasteiger partial charge in [-0.3, -0.25) is 23.4 Å². The molecule has 0 aliphatic rings. The zero-order valence-electron chi connectivity index (χ0n) is 42.8. The van der Waals surface area contributed by atoms with Crippen LogP contribution in [0.2, 0.25) is 0 Å². The van der Waals surface area contributed by atoms with Gasteiger partial charge in [-0.25, -0.2) is 4.57 Å². The van der Waals surface area contributed by atoms with Crippen molar-refractivity contribution in [2.45, 2.75) is 226 Å². The average Bonchev–Trinajstić information content (AvgIpc) is 3.32. The summed E-state index contributed by atoms with van der Waals surface area (Å²) < 4.78 is 39.3. The maximum atomic E-state index is 12.9. The lowest BCUT2D eigenvalue weighted by atomic mass is 10.1. The van der Waals surface area contributed by atoms with Crippen molar-refractivity contribution in [3.05, 3.63) is 85.1 Å². The van der Waals surface area contributed by atoms with Crippen molar-refractivity contribution in [1.82, 2.24) is 0 Å². The molecule has 68 heavy (non-hydrogen) atoms. The summed E-state index contributed by atoms with van der Waals surface area (Å²) in [5, 5.41) is 9.77. The number of carbonyl (C=O) groups excluding carboxylic acids is 3. The number of hydrogen-bond donors (Lipinski definition) is 2. The third kappa shape index (κ3) is 47.7. The first-order chi connectivity index (χ1) is 33.2. The van der Waals surface area contributed by atoms with Gasteiger partial charge in [0.05, 0.1) is 19.8 Å². The fraction of sp³-hybridized carbons (Fsp3) is 0.696. The highest BCUT2D eigenvalue weighted by molar-refractivity contribution is 7.47. The van der Waals surface area contributed by atoms with Gasteiger partial charge in [0.1, 0.15) is 12.7 Å². The number of phosphoric acid groups is 1. The maximum absolute atomic E-state index is 12.9. The molecule has 0 aromatic rings. The molecule has 0 spiro atoms. The van der Waals surface area contributed by atoms with E-state index in [9.17, 15) is 28.9 Å². The molecule has 0 fully saturated rings. The Labute approximate surface area is 413 Å². The minimum atomic E-state index is -4.75. The van der Waals surface area contributed by atoms with Gasteiger partial charge in [-0.15, -0.1) is 0 Å². The molecule has 390 valence electrons. The van der Waals surface area contributed by atoms with Gasteiger partial charge < -0.3 is 24.2 Å². The summed E-state index contributed by atoms with van der Waals surface area (Å²) >= 11 is 0. The Morgan fingerprint density at radius 2 is 0.765 bits per heavy atom. The number of aliphatic hydroxyl groups excluding tert-OH is 1. The van der Waals surface area contributed by atoms with Crippen molar-refractivity contribution in [3.63, 3.8) is 0 Å². The topological polar surface area (TPSA) is 155 Å². The quantitative estimate of drug-likeness (QED) is 0.0197. The predicted molar refractivity (Wildman–Crippen MR) is 279 cm³/mol. The van der Waals surface area contributed by atoms with E-state index in [2.05, 4.69) is 106 Å². The van der Waals surface area contributed by atoms with Crippen molar-refractivity contribution >= 4 is 25.7 Å². The van der Waals surface area contributed by atoms with Crippen LogP contribution >= 0.6 is 7.82 Å². The summed E-state index contributed by atoms with van der Waals surface area (Å²) in [5.41, 5.74) is 0. The van der Waals surface area contributed by atoms with Gasteiger partial charge in [0.15, 0.2) is 6.10 Å². The second-order valence-corrected chi connectivity index (χ2v) is 18.7. The first-order valence-corrected chi connectivity index (χ1v) is 28.0. The molecule has 0 radical (unpaired) electrons. The van der Waals surface area contributed by atoms with Crippen LogP contribution in [0.15, 0.2) is 85.1 Å². The number of hydrogen-bond acceptors (Lipinski definition) is 10. The van der Waals surface area contributed by atoms with Crippen molar-refractivity contribution in [1.29, 1.82) is 0 Å². The molecule has 12 heteroatoms. The van der Waals surface area contributed by atoms with Crippen LogP contribution in [0.4, 0.5) is 0 Å². The Morgan fingerprint density at radius 1 is 0.426 bits per heavy atom. The fourth-order valence-electron chi connectivity index (χ4n) is 6.78. The summed E-state index contributed by atoms with van der Waals surface area (Å²) in [7, 11) is -4.75. The van der Waals surface area contributed by atoms with E-state index >= 15 is 0 Å². The summed E-state index contributed by atoms with van der Waals surface area (Å²) in [5.74, 6) is -1.53. The predicted octanol–water partition coefficient (Wildman–Crippen LogP) is 15.1. The lowest BCUT2D eigenvalue weighted by Crippen LogP contribution is -2.30. The van der Waals surface area contributed by atoms with Gasteiger partial charge in [-0.1, -0.05) is 176 Å². The second kappa shape index (κ2) is 50.1. The lowest BCUT2D eigenvalue weighted by Gasteiger charge is -2.21. The third-order valence-corrected chi connectivity index (χ3v) is 11.7. The lowest BCUT2D eigenvalue weighted by molar-refractivity contribution is -0.161. The largest absolute Gasteiger partial charge is 0.472 e. The summed E-state index contributed by atoms with van der Waals surface area (Å²) in [6.07, 6.45) is 55.5. The van der Waals surface area contributed by atoms with Crippen LogP contribution in [0, 0.1) is 0 Å². The molecule has 0 aliphatic carbocycles. The minimum absolute atomic E-state index is 0.146. The minimum Gasteiger partial charge on any atom is -0.462 e. The molecule has 2 N–H and O–H groups in total. The monoisotopic (exact) mass is 975 g/mol. The van der Waals surface area contributed by atoms with E-state index in [0.717, 1.165) is 135 Å². The van der Waals surface area contributed by atoms with E-state index in [1.165, 1.54) is 19.3 Å². The van der Waals surface area contributed by atoms with E-state index in [4.69, 9.17) is 23.3 Å². The van der Waals surface area contributed by atoms with E-state index in [-0.39, 0.29) is 25.9 Å². The molecule has 0 aromatic carbocycles. The number of rotatable bonds is 48. The number of phosphoric ester groups is 1. The van der Waals surface area contributed by atoms with Gasteiger partial charge >= 0.3 is 25.7 Å². The molecule has 0 bridgehead atoms. The highest BCUT2D eigenvalue weighted by atomic mass is 31.2. The van der Waals surface area contributed by atoms with Crippen LogP contribution in [0.5, 0.6) is 0 Å². The molecular formula is C56H95O11P. The fourth-order valence-corrected chi connectivity index (χ4v) is 7.56. The summed E-state index contributed by atoms with van der Waals surface area (Å²) in [4.78, 5) is 48.3. The van der Waals surface area contributed by atoms with Crippen molar-refractivity contribution < 1.29 is 52.2 Å². The molecule has 0 saturated heterocycles. The normalized spacial score (nSPS) is 14.1. The molecule has 3 unspecified atom stereocenters. The van der Waals surface area contributed by atoms with Crippen LogP contribution in [-0.2, 0) is 42.2 Å². The van der Waals surface area contributed by atoms with Crippen molar-refractivity contribution in [3.8, 4) is 0 Å². The Morgan fingerprint density at radius 3 is 1.21 bits per heavy atom. The molecule has 0 amide bonds. The van der Waals surface area contributed by atoms with E-state index < -0.39 is 57.8 Å². The van der Waals surface area contributed by atoms with Gasteiger partial charge in [-0.05, 0) is 103 Å². The molecular weight excluding hydrogens is 880 g/mol. The Hall–Kier alpha value is -3.34. The number of allylic oxidation sites excluding steroid dienone is 14. The number of ether oxygens (including phenoxy) is 3. The maximum Gasteiger partial charge on any atom is 0.472 e. The summed E-state index contributed by atoms with van der Waals surface area (Å²) in [6, 6.07) is 0. The molecule has 0 rings (SSSR count). The van der Waals surface area contributed by atoms with Gasteiger partial charge in [-0.2, -0.15) is 0 Å². The van der Waals surface area contributed by atoms with Crippen molar-refractivity contribution in [2.24, 2.45) is 0 Å². The Bertz CT molecular complexity index is 1460. The standard InChI is InChI=1S/C56H95O11P/c1-4-7-10-13-16-19-22-24-25-26-27-29-32-35-38-41-44-47-56(60)67-53(49-63-54(58)45-42-39-36-33-31-28-23-20-17-14-11-8-5-2)51-65-68(61,62)64-50-52(48-57)66-55(59)46-43-40-37-34-30-21-18-15-12-9-6-3/h7-8,10-11,15-20,24-25,28,31,52-53,57H,4-6,9,12-14,21-23,26-27,29-30,32-51H2,1-3H3,(H,61,62)/b10-7-,11-8-,18-15-,19-16-,20-17-,25-24-,31-28-. The van der Waals surface area contributed by atoms with Gasteiger partial charge in [0, 0.05) is 19.3 Å². The molecule has 0 saturated carbocycles. The molecule has 11 nitrogen and oxygen atoms in total. The average molecular weight is 975 g/mol. The van der Waals surface area contributed by atoms with Crippen LogP contribution in [0.3, 0.4) is 0 Å².